The molecule has 146 valence electrons. The van der Waals surface area contributed by atoms with Crippen LogP contribution in [0.25, 0.3) is 11.0 Å². The molecule has 0 saturated carbocycles. The van der Waals surface area contributed by atoms with E-state index in [-0.39, 0.29) is 11.5 Å². The average molecular weight is 408 g/mol. The van der Waals surface area contributed by atoms with Crippen molar-refractivity contribution in [1.82, 2.24) is 24.6 Å². The maximum atomic E-state index is 12.7. The Labute approximate surface area is 171 Å². The number of hydrogen-bond acceptors (Lipinski definition) is 4. The van der Waals surface area contributed by atoms with Crippen molar-refractivity contribution in [2.45, 2.75) is 13.1 Å². The van der Waals surface area contributed by atoms with E-state index >= 15 is 0 Å². The van der Waals surface area contributed by atoms with Crippen molar-refractivity contribution >= 4 is 28.5 Å². The standard InChI is InChI=1S/C21H18ClN5O2/c22-18-9-5-4-8-16(18)20(28)23-10-11-27-19-17(12-25-27)21(29)26(14-24-19)13-15-6-2-1-3-7-15/h1-9,12,14H,10-11,13H2,(H,23,28). The number of aromatic nitrogens is 4. The average Bonchev–Trinajstić information content (AvgIpc) is 3.15. The molecule has 0 bridgehead atoms. The lowest BCUT2D eigenvalue weighted by Gasteiger charge is -2.08. The number of fused-ring (bicyclic) bond motifs is 1. The smallest absolute Gasteiger partial charge is 0.264 e. The van der Waals surface area contributed by atoms with Gasteiger partial charge in [-0.1, -0.05) is 54.1 Å². The topological polar surface area (TPSA) is 81.8 Å². The van der Waals surface area contributed by atoms with Crippen LogP contribution in [0.15, 0.2) is 71.9 Å². The molecule has 0 radical (unpaired) electrons. The molecule has 2 aromatic carbocycles. The van der Waals surface area contributed by atoms with Crippen LogP contribution in [0.2, 0.25) is 5.02 Å². The predicted octanol–water partition coefficient (Wildman–Crippen LogP) is 2.72. The molecule has 29 heavy (non-hydrogen) atoms. The summed E-state index contributed by atoms with van der Waals surface area (Å²) in [6.07, 6.45) is 3.04. The summed E-state index contributed by atoms with van der Waals surface area (Å²) >= 11 is 6.04. The Bertz CT molecular complexity index is 1220. The summed E-state index contributed by atoms with van der Waals surface area (Å²) in [5, 5.41) is 7.90. The minimum Gasteiger partial charge on any atom is -0.350 e. The van der Waals surface area contributed by atoms with E-state index in [1.807, 2.05) is 30.3 Å². The van der Waals surface area contributed by atoms with Crippen molar-refractivity contribution in [2.24, 2.45) is 0 Å². The van der Waals surface area contributed by atoms with Crippen LogP contribution in [-0.4, -0.2) is 31.8 Å². The lowest BCUT2D eigenvalue weighted by atomic mass is 10.2. The van der Waals surface area contributed by atoms with Gasteiger partial charge in [-0.3, -0.25) is 14.2 Å². The number of amides is 1. The van der Waals surface area contributed by atoms with Crippen molar-refractivity contribution in [3.63, 3.8) is 0 Å². The van der Waals surface area contributed by atoms with E-state index in [0.717, 1.165) is 5.56 Å². The Morgan fingerprint density at radius 3 is 2.62 bits per heavy atom. The van der Waals surface area contributed by atoms with Gasteiger partial charge in [0.25, 0.3) is 11.5 Å². The van der Waals surface area contributed by atoms with E-state index in [1.165, 1.54) is 12.5 Å². The van der Waals surface area contributed by atoms with Gasteiger partial charge in [0.2, 0.25) is 0 Å². The number of rotatable bonds is 6. The third-order valence-corrected chi connectivity index (χ3v) is 4.88. The lowest BCUT2D eigenvalue weighted by Crippen LogP contribution is -2.28. The lowest BCUT2D eigenvalue weighted by molar-refractivity contribution is 0.0952. The van der Waals surface area contributed by atoms with Gasteiger partial charge in [0.05, 0.1) is 29.9 Å². The fourth-order valence-electron chi connectivity index (χ4n) is 3.07. The Morgan fingerprint density at radius 1 is 1.07 bits per heavy atom. The van der Waals surface area contributed by atoms with E-state index in [9.17, 15) is 9.59 Å². The van der Waals surface area contributed by atoms with Crippen LogP contribution in [-0.2, 0) is 13.1 Å². The van der Waals surface area contributed by atoms with Crippen LogP contribution in [0, 0.1) is 0 Å². The molecule has 0 saturated heterocycles. The Morgan fingerprint density at radius 2 is 1.83 bits per heavy atom. The van der Waals surface area contributed by atoms with Gasteiger partial charge in [0, 0.05) is 6.54 Å². The van der Waals surface area contributed by atoms with Crippen LogP contribution >= 0.6 is 11.6 Å². The summed E-state index contributed by atoms with van der Waals surface area (Å²) in [6, 6.07) is 16.6. The van der Waals surface area contributed by atoms with E-state index in [2.05, 4.69) is 15.4 Å². The van der Waals surface area contributed by atoms with Gasteiger partial charge >= 0.3 is 0 Å². The summed E-state index contributed by atoms with van der Waals surface area (Å²) in [6.45, 7) is 1.16. The molecule has 0 atom stereocenters. The number of carbonyl (C=O) groups excluding carboxylic acids is 1. The van der Waals surface area contributed by atoms with Crippen molar-refractivity contribution in [3.05, 3.63) is 93.6 Å². The quantitative estimate of drug-likeness (QED) is 0.532. The van der Waals surface area contributed by atoms with Crippen LogP contribution in [0.3, 0.4) is 0 Å². The Hall–Kier alpha value is -3.45. The SMILES string of the molecule is O=C(NCCn1ncc2c(=O)n(Cc3ccccc3)cnc21)c1ccccc1Cl. The summed E-state index contributed by atoms with van der Waals surface area (Å²) in [5.74, 6) is -0.259. The Kier molecular flexibility index (Phi) is 5.39. The third-order valence-electron chi connectivity index (χ3n) is 4.55. The molecule has 0 aliphatic carbocycles. The zero-order valence-corrected chi connectivity index (χ0v) is 16.2. The highest BCUT2D eigenvalue weighted by atomic mass is 35.5. The van der Waals surface area contributed by atoms with Crippen molar-refractivity contribution < 1.29 is 4.79 Å². The molecule has 1 N–H and O–H groups in total. The highest BCUT2D eigenvalue weighted by Gasteiger charge is 2.12. The van der Waals surface area contributed by atoms with Gasteiger partial charge < -0.3 is 5.32 Å². The van der Waals surface area contributed by atoms with Gasteiger partial charge in [0.1, 0.15) is 11.7 Å². The molecule has 4 aromatic rings. The fourth-order valence-corrected chi connectivity index (χ4v) is 3.29. The molecule has 2 aromatic heterocycles. The molecule has 7 nitrogen and oxygen atoms in total. The zero-order chi connectivity index (χ0) is 20.2. The minimum atomic E-state index is -0.259. The van der Waals surface area contributed by atoms with Crippen LogP contribution in [0.5, 0.6) is 0 Å². The molecule has 8 heteroatoms. The maximum Gasteiger partial charge on any atom is 0.264 e. The number of nitrogens with one attached hydrogen (secondary N) is 1. The van der Waals surface area contributed by atoms with Gasteiger partial charge in [-0.2, -0.15) is 5.10 Å². The van der Waals surface area contributed by atoms with Crippen LogP contribution in [0.1, 0.15) is 15.9 Å². The first-order valence-electron chi connectivity index (χ1n) is 9.11. The van der Waals surface area contributed by atoms with Gasteiger partial charge in [0.15, 0.2) is 5.65 Å². The summed E-state index contributed by atoms with van der Waals surface area (Å²) in [5.41, 5.74) is 1.78. The van der Waals surface area contributed by atoms with Gasteiger partial charge in [-0.05, 0) is 17.7 Å². The fraction of sp³-hybridized carbons (Fsp3) is 0.143. The number of hydrogen-bond donors (Lipinski definition) is 1. The van der Waals surface area contributed by atoms with Gasteiger partial charge in [-0.15, -0.1) is 0 Å². The molecule has 0 unspecified atom stereocenters. The van der Waals surface area contributed by atoms with Crippen molar-refractivity contribution in [1.29, 1.82) is 0 Å². The third kappa shape index (κ3) is 4.05. The first kappa shape index (κ1) is 18.9. The number of halogens is 1. The molecular weight excluding hydrogens is 390 g/mol. The van der Waals surface area contributed by atoms with E-state index in [4.69, 9.17) is 11.6 Å². The van der Waals surface area contributed by atoms with Crippen LogP contribution in [0.4, 0.5) is 0 Å². The van der Waals surface area contributed by atoms with Crippen LogP contribution < -0.4 is 10.9 Å². The first-order valence-corrected chi connectivity index (χ1v) is 9.49. The molecule has 0 spiro atoms. The first-order chi connectivity index (χ1) is 14.1. The number of carbonyl (C=O) groups is 1. The maximum absolute atomic E-state index is 12.7. The molecule has 2 heterocycles. The highest BCUT2D eigenvalue weighted by Crippen LogP contribution is 2.14. The number of nitrogens with zero attached hydrogens (tertiary/aromatic N) is 4. The monoisotopic (exact) mass is 407 g/mol. The molecule has 0 fully saturated rings. The second kappa shape index (κ2) is 8.28. The summed E-state index contributed by atoms with van der Waals surface area (Å²) in [4.78, 5) is 29.4. The molecule has 1 amide bonds. The second-order valence-corrected chi connectivity index (χ2v) is 6.91. The van der Waals surface area contributed by atoms with Crippen molar-refractivity contribution in [3.8, 4) is 0 Å². The molecule has 0 aliphatic heterocycles. The molecular formula is C21H18ClN5O2. The largest absolute Gasteiger partial charge is 0.350 e. The van der Waals surface area contributed by atoms with E-state index in [1.54, 1.807) is 33.5 Å². The number of benzene rings is 2. The highest BCUT2D eigenvalue weighted by molar-refractivity contribution is 6.33. The molecule has 4 rings (SSSR count). The molecule has 0 aliphatic rings. The predicted molar refractivity (Wildman–Crippen MR) is 111 cm³/mol. The normalized spacial score (nSPS) is 10.9. The summed E-state index contributed by atoms with van der Waals surface area (Å²) < 4.78 is 3.17. The summed E-state index contributed by atoms with van der Waals surface area (Å²) in [7, 11) is 0. The zero-order valence-electron chi connectivity index (χ0n) is 15.5. The van der Waals surface area contributed by atoms with E-state index < -0.39 is 0 Å². The second-order valence-electron chi connectivity index (χ2n) is 6.50. The van der Waals surface area contributed by atoms with E-state index in [0.29, 0.717) is 41.3 Å². The minimum absolute atomic E-state index is 0.148. The van der Waals surface area contributed by atoms with Crippen molar-refractivity contribution in [2.75, 3.05) is 6.54 Å². The van der Waals surface area contributed by atoms with Gasteiger partial charge in [-0.25, -0.2) is 9.67 Å². The Balaban J connectivity index is 1.46.